The van der Waals surface area contributed by atoms with Gasteiger partial charge in [0.2, 0.25) is 0 Å². The third kappa shape index (κ3) is 2.17. The number of rotatable bonds is 3. The molecular weight excluding hydrogens is 136 g/mol. The van der Waals surface area contributed by atoms with Gasteiger partial charge in [0.05, 0.1) is 20.6 Å². The quantitative estimate of drug-likeness (QED) is 0.561. The standard InChI is InChI=1S/C9H21N2/c1-4-9-11(2,3)10-7-5-6-8-10/h4-9H2,1-3H3/q+1. The third-order valence-electron chi connectivity index (χ3n) is 2.62. The first kappa shape index (κ1) is 9.01. The second-order valence-electron chi connectivity index (χ2n) is 4.01. The molecule has 0 spiro atoms. The molecule has 0 aromatic heterocycles. The molecule has 66 valence electrons. The van der Waals surface area contributed by atoms with Crippen molar-refractivity contribution < 1.29 is 4.59 Å². The van der Waals surface area contributed by atoms with Crippen LogP contribution in [0.2, 0.25) is 0 Å². The minimum Gasteiger partial charge on any atom is -0.248 e. The van der Waals surface area contributed by atoms with Gasteiger partial charge < -0.3 is 0 Å². The molecule has 0 atom stereocenters. The van der Waals surface area contributed by atoms with Gasteiger partial charge in [-0.05, 0) is 19.3 Å². The average Bonchev–Trinajstić information content (AvgIpc) is 2.37. The molecule has 1 aliphatic rings. The van der Waals surface area contributed by atoms with Crippen LogP contribution in [0.25, 0.3) is 0 Å². The van der Waals surface area contributed by atoms with Crippen molar-refractivity contribution in [1.82, 2.24) is 5.01 Å². The van der Waals surface area contributed by atoms with Crippen LogP contribution in [0.4, 0.5) is 0 Å². The molecule has 0 N–H and O–H groups in total. The van der Waals surface area contributed by atoms with E-state index in [9.17, 15) is 0 Å². The molecule has 0 aromatic rings. The summed E-state index contributed by atoms with van der Waals surface area (Å²) in [6.45, 7) is 6.13. The van der Waals surface area contributed by atoms with E-state index in [0.29, 0.717) is 0 Å². The third-order valence-corrected chi connectivity index (χ3v) is 2.62. The van der Waals surface area contributed by atoms with E-state index < -0.39 is 0 Å². The first-order valence-electron chi connectivity index (χ1n) is 4.75. The Morgan fingerprint density at radius 1 is 1.18 bits per heavy atom. The first-order valence-corrected chi connectivity index (χ1v) is 4.75. The lowest BCUT2D eigenvalue weighted by Gasteiger charge is -2.37. The minimum atomic E-state index is 1.09. The fraction of sp³-hybridized carbons (Fsp3) is 1.00. The summed E-state index contributed by atoms with van der Waals surface area (Å²) in [4.78, 5) is 0. The fourth-order valence-electron chi connectivity index (χ4n) is 1.93. The summed E-state index contributed by atoms with van der Waals surface area (Å²) >= 11 is 0. The van der Waals surface area contributed by atoms with Gasteiger partial charge in [0.1, 0.15) is 0 Å². The predicted molar refractivity (Wildman–Crippen MR) is 48.1 cm³/mol. The van der Waals surface area contributed by atoms with Crippen LogP contribution in [0.5, 0.6) is 0 Å². The van der Waals surface area contributed by atoms with Gasteiger partial charge in [-0.25, -0.2) is 4.59 Å². The average molecular weight is 157 g/mol. The largest absolute Gasteiger partial charge is 0.248 e. The summed E-state index contributed by atoms with van der Waals surface area (Å²) in [7, 11) is 4.63. The van der Waals surface area contributed by atoms with E-state index in [1.165, 1.54) is 38.9 Å². The topological polar surface area (TPSA) is 3.24 Å². The highest BCUT2D eigenvalue weighted by molar-refractivity contribution is 4.57. The number of nitrogens with zero attached hydrogens (tertiary/aromatic N) is 2. The molecule has 11 heavy (non-hydrogen) atoms. The Balaban J connectivity index is 2.41. The van der Waals surface area contributed by atoms with Gasteiger partial charge in [-0.15, -0.1) is 0 Å². The Morgan fingerprint density at radius 3 is 2.18 bits per heavy atom. The monoisotopic (exact) mass is 157 g/mol. The highest BCUT2D eigenvalue weighted by Gasteiger charge is 2.27. The van der Waals surface area contributed by atoms with Crippen LogP contribution in [0.1, 0.15) is 26.2 Å². The molecule has 0 radical (unpaired) electrons. The van der Waals surface area contributed by atoms with Crippen molar-refractivity contribution in [3.05, 3.63) is 0 Å². The minimum absolute atomic E-state index is 1.09. The molecule has 2 heteroatoms. The lowest BCUT2D eigenvalue weighted by molar-refractivity contribution is -1.00. The summed E-state index contributed by atoms with van der Waals surface area (Å²) in [5, 5.41) is 2.57. The van der Waals surface area contributed by atoms with E-state index in [2.05, 4.69) is 26.0 Å². The highest BCUT2D eigenvalue weighted by Crippen LogP contribution is 2.15. The summed E-state index contributed by atoms with van der Waals surface area (Å²) in [6.07, 6.45) is 4.07. The smallest absolute Gasteiger partial charge is 0.0957 e. The van der Waals surface area contributed by atoms with E-state index in [4.69, 9.17) is 0 Å². The lowest BCUT2D eigenvalue weighted by atomic mass is 10.4. The SMILES string of the molecule is CCC[N+](C)(C)N1CCCC1. The van der Waals surface area contributed by atoms with Crippen molar-refractivity contribution in [2.75, 3.05) is 33.7 Å². The van der Waals surface area contributed by atoms with E-state index in [-0.39, 0.29) is 0 Å². The van der Waals surface area contributed by atoms with Gasteiger partial charge in [-0.1, -0.05) is 6.92 Å². The number of hydrogen-bond acceptors (Lipinski definition) is 1. The zero-order valence-corrected chi connectivity index (χ0v) is 8.14. The van der Waals surface area contributed by atoms with Crippen LogP contribution in [0.15, 0.2) is 0 Å². The molecule has 2 nitrogen and oxygen atoms in total. The Bertz CT molecular complexity index is 115. The summed E-state index contributed by atoms with van der Waals surface area (Å²) < 4.78 is 1.09. The van der Waals surface area contributed by atoms with E-state index >= 15 is 0 Å². The van der Waals surface area contributed by atoms with E-state index in [1.807, 2.05) is 0 Å². The molecule has 0 unspecified atom stereocenters. The zero-order valence-electron chi connectivity index (χ0n) is 8.14. The predicted octanol–water partition coefficient (Wildman–Crippen LogP) is 1.48. The normalized spacial score (nSPS) is 21.0. The second kappa shape index (κ2) is 3.55. The van der Waals surface area contributed by atoms with E-state index in [1.54, 1.807) is 0 Å². The second-order valence-corrected chi connectivity index (χ2v) is 4.01. The Kier molecular flexibility index (Phi) is 2.90. The van der Waals surface area contributed by atoms with Crippen molar-refractivity contribution in [2.24, 2.45) is 0 Å². The van der Waals surface area contributed by atoms with Crippen LogP contribution in [-0.2, 0) is 0 Å². The fourth-order valence-corrected chi connectivity index (χ4v) is 1.93. The van der Waals surface area contributed by atoms with Gasteiger partial charge in [0, 0.05) is 13.1 Å². The number of quaternary nitrogens is 1. The molecule has 1 heterocycles. The summed E-state index contributed by atoms with van der Waals surface area (Å²) in [5.74, 6) is 0. The highest BCUT2D eigenvalue weighted by atomic mass is 15.7. The summed E-state index contributed by atoms with van der Waals surface area (Å²) in [5.41, 5.74) is 0. The molecule has 0 aromatic carbocycles. The van der Waals surface area contributed by atoms with E-state index in [0.717, 1.165) is 4.59 Å². The molecule has 1 rings (SSSR count). The van der Waals surface area contributed by atoms with Crippen molar-refractivity contribution in [3.8, 4) is 0 Å². The van der Waals surface area contributed by atoms with Crippen LogP contribution in [-0.4, -0.2) is 43.3 Å². The van der Waals surface area contributed by atoms with Crippen molar-refractivity contribution in [2.45, 2.75) is 26.2 Å². The van der Waals surface area contributed by atoms with Crippen molar-refractivity contribution in [3.63, 3.8) is 0 Å². The van der Waals surface area contributed by atoms with Gasteiger partial charge in [-0.2, -0.15) is 5.01 Å². The summed E-state index contributed by atoms with van der Waals surface area (Å²) in [6, 6.07) is 0. The molecular formula is C9H21N2+. The first-order chi connectivity index (χ1) is 5.17. The molecule has 1 aliphatic heterocycles. The zero-order chi connectivity index (χ0) is 8.32. The Labute approximate surface area is 70.4 Å². The molecule has 0 bridgehead atoms. The van der Waals surface area contributed by atoms with Crippen LogP contribution in [0, 0.1) is 0 Å². The van der Waals surface area contributed by atoms with Crippen molar-refractivity contribution in [1.29, 1.82) is 0 Å². The van der Waals surface area contributed by atoms with Gasteiger partial charge in [0.15, 0.2) is 0 Å². The van der Waals surface area contributed by atoms with Crippen LogP contribution < -0.4 is 0 Å². The van der Waals surface area contributed by atoms with Crippen LogP contribution >= 0.6 is 0 Å². The molecule has 1 fully saturated rings. The maximum atomic E-state index is 2.57. The molecule has 0 saturated carbocycles. The van der Waals surface area contributed by atoms with Gasteiger partial charge >= 0.3 is 0 Å². The van der Waals surface area contributed by atoms with Gasteiger partial charge in [0.25, 0.3) is 0 Å². The molecule has 0 amide bonds. The van der Waals surface area contributed by atoms with Crippen molar-refractivity contribution >= 4 is 0 Å². The van der Waals surface area contributed by atoms with Gasteiger partial charge in [-0.3, -0.25) is 0 Å². The lowest BCUT2D eigenvalue weighted by Crippen LogP contribution is -2.53. The molecule has 1 saturated heterocycles. The molecule has 0 aliphatic carbocycles. The number of hydrogen-bond donors (Lipinski definition) is 0. The van der Waals surface area contributed by atoms with Crippen LogP contribution in [0.3, 0.4) is 0 Å². The Morgan fingerprint density at radius 2 is 1.73 bits per heavy atom. The Hall–Kier alpha value is -0.0800. The maximum absolute atomic E-state index is 2.57. The maximum Gasteiger partial charge on any atom is 0.0957 e.